The number of benzene rings is 2. The Bertz CT molecular complexity index is 692. The molecule has 2 aromatic carbocycles. The van der Waals surface area contributed by atoms with E-state index in [0.717, 1.165) is 12.1 Å². The largest absolute Gasteiger partial charge is 0.307 e. The molecule has 0 spiro atoms. The standard InChI is InChI=1S/C18H18N2/c1-2-19-18(14-7-4-3-5-8-14)16-10-11-17-15(13-16)9-6-12-20-17/h3-13,18-19H,2H2,1H3. The van der Waals surface area contributed by atoms with E-state index in [4.69, 9.17) is 0 Å². The lowest BCUT2D eigenvalue weighted by Gasteiger charge is -2.19. The SMILES string of the molecule is CCNC(c1ccccc1)c1ccc2ncccc2c1. The van der Waals surface area contributed by atoms with Crippen molar-refractivity contribution in [2.24, 2.45) is 0 Å². The van der Waals surface area contributed by atoms with Crippen molar-refractivity contribution in [2.75, 3.05) is 6.54 Å². The summed E-state index contributed by atoms with van der Waals surface area (Å²) >= 11 is 0. The number of pyridine rings is 1. The van der Waals surface area contributed by atoms with Gasteiger partial charge >= 0.3 is 0 Å². The molecule has 20 heavy (non-hydrogen) atoms. The predicted molar refractivity (Wildman–Crippen MR) is 83.7 cm³/mol. The van der Waals surface area contributed by atoms with Crippen LogP contribution in [0.5, 0.6) is 0 Å². The summed E-state index contributed by atoms with van der Waals surface area (Å²) in [7, 11) is 0. The fourth-order valence-corrected chi connectivity index (χ4v) is 2.55. The lowest BCUT2D eigenvalue weighted by atomic mass is 9.97. The average Bonchev–Trinajstić information content (AvgIpc) is 2.53. The number of hydrogen-bond acceptors (Lipinski definition) is 2. The summed E-state index contributed by atoms with van der Waals surface area (Å²) in [5.74, 6) is 0. The lowest BCUT2D eigenvalue weighted by Crippen LogP contribution is -2.21. The second kappa shape index (κ2) is 5.85. The molecule has 1 atom stereocenters. The molecule has 0 aliphatic carbocycles. The van der Waals surface area contributed by atoms with Crippen LogP contribution in [-0.4, -0.2) is 11.5 Å². The van der Waals surface area contributed by atoms with Crippen LogP contribution in [0.1, 0.15) is 24.1 Å². The van der Waals surface area contributed by atoms with E-state index in [1.54, 1.807) is 0 Å². The zero-order valence-electron chi connectivity index (χ0n) is 11.6. The molecule has 0 saturated heterocycles. The van der Waals surface area contributed by atoms with Gasteiger partial charge in [-0.25, -0.2) is 0 Å². The van der Waals surface area contributed by atoms with Crippen molar-refractivity contribution in [3.63, 3.8) is 0 Å². The third-order valence-electron chi connectivity index (χ3n) is 3.50. The molecule has 0 fully saturated rings. The molecule has 100 valence electrons. The Morgan fingerprint density at radius 1 is 0.950 bits per heavy atom. The summed E-state index contributed by atoms with van der Waals surface area (Å²) in [6, 6.07) is 21.4. The van der Waals surface area contributed by atoms with Crippen LogP contribution in [0.25, 0.3) is 10.9 Å². The van der Waals surface area contributed by atoms with Crippen molar-refractivity contribution in [3.8, 4) is 0 Å². The smallest absolute Gasteiger partial charge is 0.0702 e. The highest BCUT2D eigenvalue weighted by atomic mass is 14.9. The molecule has 1 heterocycles. The van der Waals surface area contributed by atoms with Gasteiger partial charge in [-0.2, -0.15) is 0 Å². The van der Waals surface area contributed by atoms with Gasteiger partial charge in [0.1, 0.15) is 0 Å². The number of rotatable bonds is 4. The van der Waals surface area contributed by atoms with E-state index in [9.17, 15) is 0 Å². The number of aromatic nitrogens is 1. The molecular weight excluding hydrogens is 244 g/mol. The summed E-state index contributed by atoms with van der Waals surface area (Å²) in [5.41, 5.74) is 3.61. The molecule has 0 aliphatic rings. The third-order valence-corrected chi connectivity index (χ3v) is 3.50. The molecule has 3 aromatic rings. The number of hydrogen-bond donors (Lipinski definition) is 1. The van der Waals surface area contributed by atoms with Crippen LogP contribution >= 0.6 is 0 Å². The van der Waals surface area contributed by atoms with Gasteiger partial charge in [0.25, 0.3) is 0 Å². The van der Waals surface area contributed by atoms with Crippen LogP contribution in [0.4, 0.5) is 0 Å². The molecule has 1 N–H and O–H groups in total. The molecule has 0 bridgehead atoms. The number of nitrogens with one attached hydrogen (secondary N) is 1. The van der Waals surface area contributed by atoms with Crippen molar-refractivity contribution >= 4 is 10.9 Å². The Morgan fingerprint density at radius 2 is 1.80 bits per heavy atom. The minimum absolute atomic E-state index is 0.228. The Kier molecular flexibility index (Phi) is 3.75. The highest BCUT2D eigenvalue weighted by Crippen LogP contribution is 2.24. The molecule has 1 unspecified atom stereocenters. The van der Waals surface area contributed by atoms with Crippen molar-refractivity contribution in [2.45, 2.75) is 13.0 Å². The molecule has 1 aromatic heterocycles. The van der Waals surface area contributed by atoms with Crippen molar-refractivity contribution in [1.82, 2.24) is 10.3 Å². The van der Waals surface area contributed by atoms with Gasteiger partial charge in [0.15, 0.2) is 0 Å². The molecule has 0 amide bonds. The van der Waals surface area contributed by atoms with Gasteiger partial charge < -0.3 is 5.32 Å². The topological polar surface area (TPSA) is 24.9 Å². The van der Waals surface area contributed by atoms with Gasteiger partial charge in [-0.05, 0) is 35.9 Å². The number of fused-ring (bicyclic) bond motifs is 1. The van der Waals surface area contributed by atoms with Crippen LogP contribution in [-0.2, 0) is 0 Å². The quantitative estimate of drug-likeness (QED) is 0.770. The summed E-state index contributed by atoms with van der Waals surface area (Å²) in [6.45, 7) is 3.07. The maximum absolute atomic E-state index is 4.38. The Balaban J connectivity index is 2.05. The first kappa shape index (κ1) is 12.8. The summed E-state index contributed by atoms with van der Waals surface area (Å²) in [6.07, 6.45) is 1.83. The first-order valence-electron chi connectivity index (χ1n) is 7.01. The lowest BCUT2D eigenvalue weighted by molar-refractivity contribution is 0.631. The van der Waals surface area contributed by atoms with Crippen molar-refractivity contribution < 1.29 is 0 Å². The summed E-state index contributed by atoms with van der Waals surface area (Å²) in [5, 5.41) is 4.74. The van der Waals surface area contributed by atoms with Crippen molar-refractivity contribution in [1.29, 1.82) is 0 Å². The summed E-state index contributed by atoms with van der Waals surface area (Å²) in [4.78, 5) is 4.38. The van der Waals surface area contributed by atoms with Gasteiger partial charge in [-0.15, -0.1) is 0 Å². The Hall–Kier alpha value is -2.19. The third kappa shape index (κ3) is 2.56. The normalized spacial score (nSPS) is 12.4. The van der Waals surface area contributed by atoms with Crippen LogP contribution in [0, 0.1) is 0 Å². The fraction of sp³-hybridized carbons (Fsp3) is 0.167. The van der Waals surface area contributed by atoms with E-state index in [1.807, 2.05) is 12.3 Å². The zero-order chi connectivity index (χ0) is 13.8. The van der Waals surface area contributed by atoms with Crippen LogP contribution in [0.3, 0.4) is 0 Å². The van der Waals surface area contributed by atoms with Crippen LogP contribution in [0.15, 0.2) is 66.9 Å². The van der Waals surface area contributed by atoms with Crippen molar-refractivity contribution in [3.05, 3.63) is 78.0 Å². The van der Waals surface area contributed by atoms with E-state index in [-0.39, 0.29) is 6.04 Å². The molecule has 2 nitrogen and oxygen atoms in total. The Labute approximate surface area is 119 Å². The van der Waals surface area contributed by atoms with Crippen LogP contribution in [0.2, 0.25) is 0 Å². The van der Waals surface area contributed by atoms with Gasteiger partial charge in [0.2, 0.25) is 0 Å². The highest BCUT2D eigenvalue weighted by molar-refractivity contribution is 5.79. The van der Waals surface area contributed by atoms with E-state index < -0.39 is 0 Å². The van der Waals surface area contributed by atoms with Gasteiger partial charge in [-0.1, -0.05) is 49.4 Å². The summed E-state index contributed by atoms with van der Waals surface area (Å²) < 4.78 is 0. The molecule has 0 saturated carbocycles. The molecular formula is C18H18N2. The molecule has 3 rings (SSSR count). The van der Waals surface area contributed by atoms with Crippen LogP contribution < -0.4 is 5.32 Å². The zero-order valence-corrected chi connectivity index (χ0v) is 11.6. The minimum atomic E-state index is 0.228. The second-order valence-electron chi connectivity index (χ2n) is 4.86. The fourth-order valence-electron chi connectivity index (χ4n) is 2.55. The van der Waals surface area contributed by atoms with E-state index in [0.29, 0.717) is 0 Å². The molecule has 2 heteroatoms. The maximum atomic E-state index is 4.38. The monoisotopic (exact) mass is 262 g/mol. The molecule has 0 radical (unpaired) electrons. The second-order valence-corrected chi connectivity index (χ2v) is 4.86. The minimum Gasteiger partial charge on any atom is -0.307 e. The van der Waals surface area contributed by atoms with E-state index in [2.05, 4.69) is 71.8 Å². The number of nitrogens with zero attached hydrogens (tertiary/aromatic N) is 1. The maximum Gasteiger partial charge on any atom is 0.0702 e. The average molecular weight is 262 g/mol. The molecule has 0 aliphatic heterocycles. The van der Waals surface area contributed by atoms with Gasteiger partial charge in [0, 0.05) is 11.6 Å². The predicted octanol–water partition coefficient (Wildman–Crippen LogP) is 3.93. The highest BCUT2D eigenvalue weighted by Gasteiger charge is 2.12. The van der Waals surface area contributed by atoms with Gasteiger partial charge in [0.05, 0.1) is 11.6 Å². The van der Waals surface area contributed by atoms with Gasteiger partial charge in [-0.3, -0.25) is 4.98 Å². The van der Waals surface area contributed by atoms with E-state index in [1.165, 1.54) is 16.5 Å². The first-order valence-corrected chi connectivity index (χ1v) is 7.01. The van der Waals surface area contributed by atoms with E-state index >= 15 is 0 Å². The first-order chi connectivity index (χ1) is 9.88. The Morgan fingerprint density at radius 3 is 2.60 bits per heavy atom.